The topological polar surface area (TPSA) is 3.24 Å². The molecule has 2 atom stereocenters. The second-order valence-corrected chi connectivity index (χ2v) is 10.6. The molecular formula is C24H33BrN2S2. The molecule has 0 N–H and O–H groups in total. The third-order valence-corrected chi connectivity index (χ3v) is 8.82. The summed E-state index contributed by atoms with van der Waals surface area (Å²) in [4.78, 5) is 6.72. The zero-order chi connectivity index (χ0) is 19.7. The number of fused-ring (bicyclic) bond motifs is 2. The van der Waals surface area contributed by atoms with Gasteiger partial charge in [0.05, 0.1) is 37.1 Å². The molecular weight excluding hydrogens is 460 g/mol. The zero-order valence-corrected chi connectivity index (χ0v) is 21.2. The molecule has 1 saturated heterocycles. The van der Waals surface area contributed by atoms with Crippen LogP contribution < -0.4 is 21.9 Å². The van der Waals surface area contributed by atoms with Crippen molar-refractivity contribution in [2.24, 2.45) is 0 Å². The van der Waals surface area contributed by atoms with E-state index in [2.05, 4.69) is 74.5 Å². The maximum atomic E-state index is 2.60. The predicted octanol–water partition coefficient (Wildman–Crippen LogP) is 3.81. The van der Waals surface area contributed by atoms with E-state index in [1.165, 1.54) is 62.8 Å². The van der Waals surface area contributed by atoms with Crippen molar-refractivity contribution in [1.29, 1.82) is 0 Å². The minimum absolute atomic E-state index is 0. The molecule has 29 heavy (non-hydrogen) atoms. The minimum atomic E-state index is 0. The summed E-state index contributed by atoms with van der Waals surface area (Å²) in [5.41, 5.74) is 2.78. The van der Waals surface area contributed by atoms with E-state index in [-0.39, 0.29) is 17.0 Å². The number of rotatable bonds is 5. The summed E-state index contributed by atoms with van der Waals surface area (Å²) in [6, 6.07) is 17.3. The number of halogens is 1. The summed E-state index contributed by atoms with van der Waals surface area (Å²) in [5.74, 6) is 0. The maximum Gasteiger partial charge on any atom is 0.0907 e. The van der Waals surface area contributed by atoms with E-state index in [0.29, 0.717) is 6.04 Å². The fraction of sp³-hybridized carbons (Fsp3) is 0.500. The number of piperidine rings is 1. The zero-order valence-electron chi connectivity index (χ0n) is 18.0. The molecule has 0 saturated carbocycles. The van der Waals surface area contributed by atoms with E-state index >= 15 is 0 Å². The fourth-order valence-electron chi connectivity index (χ4n) is 4.88. The van der Waals surface area contributed by atoms with Gasteiger partial charge in [-0.3, -0.25) is 0 Å². The normalized spacial score (nSPS) is 23.3. The van der Waals surface area contributed by atoms with E-state index < -0.39 is 0 Å². The molecule has 0 bridgehead atoms. The van der Waals surface area contributed by atoms with Gasteiger partial charge in [-0.2, -0.15) is 0 Å². The van der Waals surface area contributed by atoms with Crippen molar-refractivity contribution >= 4 is 34.9 Å². The van der Waals surface area contributed by atoms with Gasteiger partial charge in [0.2, 0.25) is 0 Å². The lowest BCUT2D eigenvalue weighted by atomic mass is 9.94. The van der Waals surface area contributed by atoms with Crippen LogP contribution >= 0.6 is 23.5 Å². The first kappa shape index (κ1) is 23.1. The summed E-state index contributed by atoms with van der Waals surface area (Å²) >= 11 is 3.75. The molecule has 2 nitrogen and oxygen atoms in total. The summed E-state index contributed by atoms with van der Waals surface area (Å²) in [5, 5.41) is 0. The largest absolute Gasteiger partial charge is 1.00 e. The van der Waals surface area contributed by atoms with E-state index in [4.69, 9.17) is 0 Å². The van der Waals surface area contributed by atoms with Gasteiger partial charge in [-0.05, 0) is 69.7 Å². The van der Waals surface area contributed by atoms with E-state index in [1.54, 1.807) is 0 Å². The molecule has 2 aliphatic rings. The average molecular weight is 494 g/mol. The molecule has 0 amide bonds. The van der Waals surface area contributed by atoms with Crippen LogP contribution in [0.15, 0.2) is 57.2 Å². The van der Waals surface area contributed by atoms with Crippen LogP contribution in [0.2, 0.25) is 0 Å². The van der Waals surface area contributed by atoms with Crippen molar-refractivity contribution in [2.75, 3.05) is 31.3 Å². The van der Waals surface area contributed by atoms with E-state index in [9.17, 15) is 0 Å². The van der Waals surface area contributed by atoms with Crippen LogP contribution in [0.4, 0.5) is 11.4 Å². The van der Waals surface area contributed by atoms with Gasteiger partial charge in [0.25, 0.3) is 0 Å². The van der Waals surface area contributed by atoms with Crippen molar-refractivity contribution in [2.45, 2.75) is 66.3 Å². The maximum absolute atomic E-state index is 2.60. The Morgan fingerprint density at radius 2 is 1.86 bits per heavy atom. The van der Waals surface area contributed by atoms with Crippen molar-refractivity contribution in [3.63, 3.8) is 0 Å². The first-order chi connectivity index (χ1) is 13.5. The Hall–Kier alpha value is -0.620. The molecule has 2 aliphatic heterocycles. The molecule has 5 heteroatoms. The molecule has 4 rings (SSSR count). The van der Waals surface area contributed by atoms with Gasteiger partial charge in [0, 0.05) is 27.7 Å². The smallest absolute Gasteiger partial charge is 0.0907 e. The van der Waals surface area contributed by atoms with Gasteiger partial charge < -0.3 is 26.4 Å². The number of thioether (sulfide) groups is 1. The lowest BCUT2D eigenvalue weighted by molar-refractivity contribution is -0.957. The molecule has 2 heterocycles. The number of hydrogen-bond acceptors (Lipinski definition) is 3. The molecule has 0 spiro atoms. The standard InChI is InChI=1S/C24H33N2S2.BrH/c1-18(2)26(3)16-8-7-9-19(26)14-15-25-21-10-5-6-11-23(21)28-24-13-12-20(27-4)17-22(24)25;/h5-6,10-13,17-19H,7-9,14-16H2,1-4H3;1H/q+1;/p-1. The molecule has 1 fully saturated rings. The molecule has 2 aromatic carbocycles. The fourth-order valence-corrected chi connectivity index (χ4v) is 6.39. The molecule has 158 valence electrons. The van der Waals surface area contributed by atoms with Gasteiger partial charge in [-0.1, -0.05) is 23.9 Å². The first-order valence-electron chi connectivity index (χ1n) is 10.6. The van der Waals surface area contributed by atoms with Crippen molar-refractivity contribution in [3.8, 4) is 0 Å². The number of likely N-dealkylation sites (tertiary alicyclic amines) is 1. The number of benzene rings is 2. The van der Waals surface area contributed by atoms with Crippen molar-refractivity contribution in [1.82, 2.24) is 0 Å². The highest BCUT2D eigenvalue weighted by molar-refractivity contribution is 8.00. The van der Waals surface area contributed by atoms with Gasteiger partial charge in [0.1, 0.15) is 0 Å². The highest BCUT2D eigenvalue weighted by atomic mass is 79.9. The summed E-state index contributed by atoms with van der Waals surface area (Å²) in [6.45, 7) is 7.26. The molecule has 0 aromatic heterocycles. The highest BCUT2D eigenvalue weighted by Gasteiger charge is 2.38. The van der Waals surface area contributed by atoms with Crippen LogP contribution in [0.5, 0.6) is 0 Å². The molecule has 2 unspecified atom stereocenters. The first-order valence-corrected chi connectivity index (χ1v) is 12.6. The monoisotopic (exact) mass is 492 g/mol. The lowest BCUT2D eigenvalue weighted by Gasteiger charge is -2.48. The van der Waals surface area contributed by atoms with Crippen LogP contribution in [0, 0.1) is 0 Å². The Morgan fingerprint density at radius 1 is 1.10 bits per heavy atom. The Morgan fingerprint density at radius 3 is 2.62 bits per heavy atom. The van der Waals surface area contributed by atoms with Crippen LogP contribution in [0.3, 0.4) is 0 Å². The van der Waals surface area contributed by atoms with Gasteiger partial charge >= 0.3 is 0 Å². The predicted molar refractivity (Wildman–Crippen MR) is 124 cm³/mol. The summed E-state index contributed by atoms with van der Waals surface area (Å²) in [6.07, 6.45) is 7.58. The number of para-hydroxylation sites is 1. The molecule has 2 aromatic rings. The Labute approximate surface area is 195 Å². The second-order valence-electron chi connectivity index (χ2n) is 8.66. The van der Waals surface area contributed by atoms with E-state index in [0.717, 1.165) is 12.6 Å². The Balaban J connectivity index is 0.00000240. The van der Waals surface area contributed by atoms with Crippen LogP contribution in [-0.2, 0) is 0 Å². The Bertz CT molecular complexity index is 841. The summed E-state index contributed by atoms with van der Waals surface area (Å²) in [7, 11) is 2.49. The molecule has 0 radical (unpaired) electrons. The third-order valence-electron chi connectivity index (χ3n) is 6.96. The minimum Gasteiger partial charge on any atom is -1.00 e. The number of nitrogens with zero attached hydrogens (tertiary/aromatic N) is 2. The SMILES string of the molecule is CSc1ccc2c(c1)N(CCC1CCCC[N+]1(C)C(C)C)c1ccccc1S2.[Br-]. The van der Waals surface area contributed by atoms with Crippen LogP contribution in [0.25, 0.3) is 0 Å². The Kier molecular flexibility index (Phi) is 7.69. The highest BCUT2D eigenvalue weighted by Crippen LogP contribution is 2.49. The molecule has 0 aliphatic carbocycles. The van der Waals surface area contributed by atoms with Crippen LogP contribution in [0.1, 0.15) is 39.5 Å². The number of anilines is 2. The third kappa shape index (κ3) is 4.53. The number of hydrogen-bond donors (Lipinski definition) is 0. The quantitative estimate of drug-likeness (QED) is 0.461. The average Bonchev–Trinajstić information content (AvgIpc) is 2.71. The van der Waals surface area contributed by atoms with Gasteiger partial charge in [-0.15, -0.1) is 11.8 Å². The summed E-state index contributed by atoms with van der Waals surface area (Å²) < 4.78 is 1.24. The lowest BCUT2D eigenvalue weighted by Crippen LogP contribution is -3.00. The van der Waals surface area contributed by atoms with Crippen molar-refractivity contribution < 1.29 is 21.5 Å². The van der Waals surface area contributed by atoms with Crippen LogP contribution in [-0.4, -0.2) is 43.0 Å². The van der Waals surface area contributed by atoms with Gasteiger partial charge in [0.15, 0.2) is 0 Å². The van der Waals surface area contributed by atoms with Crippen molar-refractivity contribution in [3.05, 3.63) is 42.5 Å². The van der Waals surface area contributed by atoms with E-state index in [1.807, 2.05) is 23.5 Å². The van der Waals surface area contributed by atoms with Gasteiger partial charge in [-0.25, -0.2) is 0 Å². The number of quaternary nitrogens is 1. The second kappa shape index (κ2) is 9.67.